The quantitative estimate of drug-likeness (QED) is 0.383. The van der Waals surface area contributed by atoms with Gasteiger partial charge in [-0.15, -0.1) is 6.58 Å². The molecule has 0 radical (unpaired) electrons. The van der Waals surface area contributed by atoms with Crippen molar-refractivity contribution in [1.29, 1.82) is 0 Å². The fraction of sp³-hybridized carbons (Fsp3) is 0.500. The van der Waals surface area contributed by atoms with Gasteiger partial charge in [-0.1, -0.05) is 6.08 Å². The summed E-state index contributed by atoms with van der Waals surface area (Å²) in [5.74, 6) is 0. The zero-order valence-corrected chi connectivity index (χ0v) is 6.05. The molecule has 0 heterocycles. The average Bonchev–Trinajstić information content (AvgIpc) is 1.82. The zero-order valence-electron chi connectivity index (χ0n) is 6.05. The highest BCUT2D eigenvalue weighted by Gasteiger charge is 1.71. The van der Waals surface area contributed by atoms with E-state index in [1.165, 1.54) is 0 Å². The topological polar surface area (TPSA) is 95.1 Å². The standard InChI is InChI=1S/C5H11N.CH4N2O/c1-2-3-4-5-6;2-1(3)4/h2H,1,3-6H2;(H4,2,3,4). The van der Waals surface area contributed by atoms with Crippen LogP contribution in [0.5, 0.6) is 0 Å². The van der Waals surface area contributed by atoms with E-state index in [-0.39, 0.29) is 0 Å². The molecule has 60 valence electrons. The van der Waals surface area contributed by atoms with Gasteiger partial charge in [0.2, 0.25) is 0 Å². The number of carbonyl (C=O) groups excluding carboxylic acids is 1. The van der Waals surface area contributed by atoms with Crippen LogP contribution in [0.1, 0.15) is 12.8 Å². The maximum atomic E-state index is 9.00. The summed E-state index contributed by atoms with van der Waals surface area (Å²) in [4.78, 5) is 9.00. The number of nitrogens with two attached hydrogens (primary N) is 3. The molecule has 0 saturated carbocycles. The van der Waals surface area contributed by atoms with E-state index in [0.717, 1.165) is 19.4 Å². The first-order chi connectivity index (χ1) is 4.65. The summed E-state index contributed by atoms with van der Waals surface area (Å²) in [5, 5.41) is 0. The number of rotatable bonds is 3. The highest BCUT2D eigenvalue weighted by molar-refractivity contribution is 5.69. The summed E-state index contributed by atoms with van der Waals surface area (Å²) in [6, 6.07) is -0.833. The van der Waals surface area contributed by atoms with Gasteiger partial charge in [-0.2, -0.15) is 0 Å². The molecular weight excluding hydrogens is 130 g/mol. The third-order valence-corrected chi connectivity index (χ3v) is 0.612. The van der Waals surface area contributed by atoms with Gasteiger partial charge in [0.05, 0.1) is 0 Å². The fourth-order valence-corrected chi connectivity index (χ4v) is 0.262. The number of primary amides is 2. The molecule has 0 unspecified atom stereocenters. The van der Waals surface area contributed by atoms with Crippen LogP contribution in [0, 0.1) is 0 Å². The Morgan fingerprint density at radius 2 is 1.90 bits per heavy atom. The molecule has 0 aliphatic carbocycles. The van der Waals surface area contributed by atoms with Crippen molar-refractivity contribution in [3.63, 3.8) is 0 Å². The first kappa shape index (κ1) is 11.7. The number of hydrogen-bond donors (Lipinski definition) is 3. The van der Waals surface area contributed by atoms with E-state index in [4.69, 9.17) is 10.5 Å². The monoisotopic (exact) mass is 145 g/mol. The Bertz CT molecular complexity index is 89.0. The molecule has 6 N–H and O–H groups in total. The van der Waals surface area contributed by atoms with Crippen molar-refractivity contribution in [3.05, 3.63) is 12.7 Å². The van der Waals surface area contributed by atoms with Gasteiger partial charge in [-0.25, -0.2) is 4.79 Å². The van der Waals surface area contributed by atoms with E-state index >= 15 is 0 Å². The minimum Gasteiger partial charge on any atom is -0.352 e. The lowest BCUT2D eigenvalue weighted by Crippen LogP contribution is -2.18. The number of carbonyl (C=O) groups is 1. The summed E-state index contributed by atoms with van der Waals surface area (Å²) in [6.07, 6.45) is 4.01. The van der Waals surface area contributed by atoms with Crippen LogP contribution < -0.4 is 17.2 Å². The minimum absolute atomic E-state index is 0.784. The molecular formula is C6H15N3O. The number of urea groups is 1. The highest BCUT2D eigenvalue weighted by Crippen LogP contribution is 1.82. The van der Waals surface area contributed by atoms with Crippen LogP contribution in [0.2, 0.25) is 0 Å². The summed E-state index contributed by atoms with van der Waals surface area (Å²) in [7, 11) is 0. The first-order valence-electron chi connectivity index (χ1n) is 3.01. The molecule has 0 atom stereocenters. The molecule has 0 aromatic carbocycles. The predicted octanol–water partition coefficient (Wildman–Crippen LogP) is -0.0649. The minimum atomic E-state index is -0.833. The lowest BCUT2D eigenvalue weighted by Gasteiger charge is -1.82. The van der Waals surface area contributed by atoms with Crippen molar-refractivity contribution in [2.45, 2.75) is 12.8 Å². The van der Waals surface area contributed by atoms with Gasteiger partial charge in [-0.3, -0.25) is 0 Å². The molecule has 4 heteroatoms. The predicted molar refractivity (Wildman–Crippen MR) is 42.3 cm³/mol. The fourth-order valence-electron chi connectivity index (χ4n) is 0.262. The van der Waals surface area contributed by atoms with Gasteiger partial charge in [0, 0.05) is 0 Å². The highest BCUT2D eigenvalue weighted by atomic mass is 16.2. The van der Waals surface area contributed by atoms with Crippen molar-refractivity contribution >= 4 is 6.03 Å². The molecule has 0 aromatic heterocycles. The van der Waals surface area contributed by atoms with Crippen molar-refractivity contribution in [2.75, 3.05) is 6.54 Å². The van der Waals surface area contributed by atoms with Crippen LogP contribution in [0.15, 0.2) is 12.7 Å². The molecule has 0 fully saturated rings. The van der Waals surface area contributed by atoms with Crippen LogP contribution in [0.25, 0.3) is 0 Å². The molecule has 10 heavy (non-hydrogen) atoms. The van der Waals surface area contributed by atoms with E-state index in [1.807, 2.05) is 6.08 Å². The van der Waals surface area contributed by atoms with Crippen LogP contribution in [-0.2, 0) is 0 Å². The maximum Gasteiger partial charge on any atom is 0.309 e. The second-order valence-electron chi connectivity index (χ2n) is 1.62. The first-order valence-corrected chi connectivity index (χ1v) is 3.01. The normalized spacial score (nSPS) is 7.30. The van der Waals surface area contributed by atoms with Crippen LogP contribution in [-0.4, -0.2) is 12.6 Å². The van der Waals surface area contributed by atoms with Gasteiger partial charge in [0.1, 0.15) is 0 Å². The van der Waals surface area contributed by atoms with E-state index in [1.54, 1.807) is 0 Å². The van der Waals surface area contributed by atoms with Crippen molar-refractivity contribution < 1.29 is 4.79 Å². The number of allylic oxidation sites excluding steroid dienone is 1. The van der Waals surface area contributed by atoms with E-state index in [9.17, 15) is 0 Å². The largest absolute Gasteiger partial charge is 0.352 e. The molecule has 0 aromatic rings. The molecule has 0 saturated heterocycles. The van der Waals surface area contributed by atoms with Gasteiger partial charge in [0.25, 0.3) is 0 Å². The SMILES string of the molecule is C=CCCCN.NC(N)=O. The van der Waals surface area contributed by atoms with Gasteiger partial charge >= 0.3 is 6.03 Å². The van der Waals surface area contributed by atoms with E-state index in [0.29, 0.717) is 0 Å². The second kappa shape index (κ2) is 10.9. The molecule has 0 aliphatic rings. The Morgan fingerprint density at radius 3 is 2.00 bits per heavy atom. The molecule has 0 bridgehead atoms. The van der Waals surface area contributed by atoms with Crippen LogP contribution >= 0.6 is 0 Å². The Morgan fingerprint density at radius 1 is 1.50 bits per heavy atom. The van der Waals surface area contributed by atoms with Gasteiger partial charge < -0.3 is 17.2 Å². The molecule has 0 rings (SSSR count). The maximum absolute atomic E-state index is 9.00. The summed E-state index contributed by atoms with van der Waals surface area (Å²) < 4.78 is 0. The van der Waals surface area contributed by atoms with E-state index in [2.05, 4.69) is 18.0 Å². The van der Waals surface area contributed by atoms with Crippen molar-refractivity contribution in [2.24, 2.45) is 17.2 Å². The van der Waals surface area contributed by atoms with Crippen molar-refractivity contribution in [1.82, 2.24) is 0 Å². The van der Waals surface area contributed by atoms with Crippen LogP contribution in [0.4, 0.5) is 4.79 Å². The molecule has 2 amide bonds. The lowest BCUT2D eigenvalue weighted by atomic mass is 10.3. The molecule has 0 spiro atoms. The number of amides is 2. The summed E-state index contributed by atoms with van der Waals surface area (Å²) >= 11 is 0. The van der Waals surface area contributed by atoms with Crippen molar-refractivity contribution in [3.8, 4) is 0 Å². The average molecular weight is 145 g/mol. The second-order valence-corrected chi connectivity index (χ2v) is 1.62. The zero-order chi connectivity index (χ0) is 8.41. The van der Waals surface area contributed by atoms with E-state index < -0.39 is 6.03 Å². The Kier molecular flexibility index (Phi) is 12.7. The third-order valence-electron chi connectivity index (χ3n) is 0.612. The Labute approximate surface area is 61.1 Å². The third kappa shape index (κ3) is 64.0. The molecule has 0 aliphatic heterocycles. The smallest absolute Gasteiger partial charge is 0.309 e. The summed E-state index contributed by atoms with van der Waals surface area (Å²) in [5.41, 5.74) is 13.7. The molecule has 4 nitrogen and oxygen atoms in total. The lowest BCUT2D eigenvalue weighted by molar-refractivity contribution is 0.256. The van der Waals surface area contributed by atoms with Gasteiger partial charge in [-0.05, 0) is 19.4 Å². The Hall–Kier alpha value is -1.03. The number of hydrogen-bond acceptors (Lipinski definition) is 2. The van der Waals surface area contributed by atoms with Crippen LogP contribution in [0.3, 0.4) is 0 Å². The summed E-state index contributed by atoms with van der Waals surface area (Å²) in [6.45, 7) is 4.33. The number of unbranched alkanes of at least 4 members (excludes halogenated alkanes) is 1. The van der Waals surface area contributed by atoms with Gasteiger partial charge in [0.15, 0.2) is 0 Å². The Balaban J connectivity index is 0.